The molecule has 1 amide bonds. The van der Waals surface area contributed by atoms with Crippen molar-refractivity contribution in [3.05, 3.63) is 53.1 Å². The summed E-state index contributed by atoms with van der Waals surface area (Å²) in [4.78, 5) is 22.4. The Balaban J connectivity index is 0.00000361. The molecule has 3 aromatic rings. The van der Waals surface area contributed by atoms with Gasteiger partial charge < -0.3 is 4.90 Å². The molecule has 1 fully saturated rings. The predicted octanol–water partition coefficient (Wildman–Crippen LogP) is 5.11. The van der Waals surface area contributed by atoms with Crippen molar-refractivity contribution in [2.24, 2.45) is 0 Å². The van der Waals surface area contributed by atoms with Crippen LogP contribution in [0.5, 0.6) is 0 Å². The van der Waals surface area contributed by atoms with Crippen LogP contribution in [-0.2, 0) is 10.0 Å². The zero-order chi connectivity index (χ0) is 25.3. The molecule has 196 valence electrons. The smallest absolute Gasteiger partial charge is 0.260 e. The van der Waals surface area contributed by atoms with E-state index in [4.69, 9.17) is 4.98 Å². The molecule has 2 heterocycles. The number of likely N-dealkylation sites (N-methyl/N-ethyl adjacent to an activating group) is 1. The fourth-order valence-corrected chi connectivity index (χ4v) is 7.15. The van der Waals surface area contributed by atoms with Gasteiger partial charge in [-0.15, -0.1) is 12.4 Å². The maximum atomic E-state index is 13.6. The summed E-state index contributed by atoms with van der Waals surface area (Å²) in [7, 11) is 0.354. The van der Waals surface area contributed by atoms with E-state index in [-0.39, 0.29) is 29.3 Å². The number of thiazole rings is 1. The molecule has 1 unspecified atom stereocenters. The molecule has 1 atom stereocenters. The molecule has 0 spiro atoms. The van der Waals surface area contributed by atoms with Gasteiger partial charge in [0.1, 0.15) is 0 Å². The second kappa shape index (κ2) is 11.6. The number of carbonyl (C=O) groups is 1. The Hall–Kier alpha value is -2.04. The standard InChI is InChI=1S/C26H34N4O3S2.ClH/c1-18-9-14-23-24(20(18)3)27-26(34-23)29(17-16-28(4)5)25(31)21-10-12-22(13-11-21)35(32,33)30-15-7-6-8-19(30)2;/h9-14,19H,6-8,15-17H2,1-5H3;1H. The molecule has 0 aliphatic carbocycles. The first-order chi connectivity index (χ1) is 16.6. The molecular formula is C26H35ClN4O3S2. The van der Waals surface area contributed by atoms with E-state index >= 15 is 0 Å². The molecular weight excluding hydrogens is 516 g/mol. The molecule has 4 rings (SSSR count). The Kier molecular flexibility index (Phi) is 9.16. The zero-order valence-electron chi connectivity index (χ0n) is 21.5. The number of aryl methyl sites for hydroxylation is 2. The molecule has 0 saturated carbocycles. The largest absolute Gasteiger partial charge is 0.308 e. The lowest BCUT2D eigenvalue weighted by Gasteiger charge is -2.32. The quantitative estimate of drug-likeness (QED) is 0.409. The van der Waals surface area contributed by atoms with Gasteiger partial charge in [-0.1, -0.05) is 23.8 Å². The number of carbonyl (C=O) groups excluding carboxylic acids is 1. The molecule has 0 N–H and O–H groups in total. The van der Waals surface area contributed by atoms with Crippen molar-refractivity contribution in [1.82, 2.24) is 14.2 Å². The molecule has 1 aromatic heterocycles. The van der Waals surface area contributed by atoms with Crippen LogP contribution in [0.15, 0.2) is 41.3 Å². The van der Waals surface area contributed by atoms with Gasteiger partial charge >= 0.3 is 0 Å². The highest BCUT2D eigenvalue weighted by atomic mass is 35.5. The minimum atomic E-state index is -3.58. The fourth-order valence-electron chi connectivity index (χ4n) is 4.40. The number of hydrogen-bond donors (Lipinski definition) is 0. The number of piperidine rings is 1. The van der Waals surface area contributed by atoms with E-state index in [1.165, 1.54) is 16.9 Å². The topological polar surface area (TPSA) is 73.8 Å². The van der Waals surface area contributed by atoms with Gasteiger partial charge in [-0.25, -0.2) is 13.4 Å². The Bertz CT molecular complexity index is 1320. The Morgan fingerprint density at radius 1 is 1.08 bits per heavy atom. The number of anilines is 1. The van der Waals surface area contributed by atoms with Crippen molar-refractivity contribution >= 4 is 55.0 Å². The number of hydrogen-bond acceptors (Lipinski definition) is 6. The monoisotopic (exact) mass is 550 g/mol. The van der Waals surface area contributed by atoms with Crippen LogP contribution in [-0.4, -0.2) is 68.3 Å². The van der Waals surface area contributed by atoms with Gasteiger partial charge in [0.15, 0.2) is 5.13 Å². The molecule has 1 saturated heterocycles. The molecule has 1 aliphatic heterocycles. The second-order valence-electron chi connectivity index (χ2n) is 9.60. The van der Waals surface area contributed by atoms with Crippen molar-refractivity contribution < 1.29 is 13.2 Å². The third kappa shape index (κ3) is 5.75. The van der Waals surface area contributed by atoms with Crippen molar-refractivity contribution in [2.75, 3.05) is 38.6 Å². The van der Waals surface area contributed by atoms with Crippen molar-refractivity contribution in [2.45, 2.75) is 51.0 Å². The average molecular weight is 551 g/mol. The maximum Gasteiger partial charge on any atom is 0.260 e. The van der Waals surface area contributed by atoms with Gasteiger partial charge in [-0.3, -0.25) is 9.69 Å². The first kappa shape index (κ1) is 28.5. The highest BCUT2D eigenvalue weighted by Crippen LogP contribution is 2.33. The summed E-state index contributed by atoms with van der Waals surface area (Å²) >= 11 is 1.50. The lowest BCUT2D eigenvalue weighted by molar-refractivity contribution is 0.0985. The average Bonchev–Trinajstić information content (AvgIpc) is 3.26. The lowest BCUT2D eigenvalue weighted by atomic mass is 10.1. The highest BCUT2D eigenvalue weighted by Gasteiger charge is 2.31. The predicted molar refractivity (Wildman–Crippen MR) is 150 cm³/mol. The number of rotatable bonds is 7. The minimum absolute atomic E-state index is 0. The van der Waals surface area contributed by atoms with Gasteiger partial charge in [0, 0.05) is 31.2 Å². The minimum Gasteiger partial charge on any atom is -0.308 e. The number of halogens is 1. The molecule has 2 aromatic carbocycles. The van der Waals surface area contributed by atoms with Crippen LogP contribution in [0.4, 0.5) is 5.13 Å². The van der Waals surface area contributed by atoms with Gasteiger partial charge in [-0.2, -0.15) is 4.31 Å². The molecule has 0 radical (unpaired) electrons. The lowest BCUT2D eigenvalue weighted by Crippen LogP contribution is -2.41. The normalized spacial score (nSPS) is 16.8. The van der Waals surface area contributed by atoms with Gasteiger partial charge in [-0.05, 0) is 89.2 Å². The van der Waals surface area contributed by atoms with E-state index in [2.05, 4.69) is 26.0 Å². The first-order valence-electron chi connectivity index (χ1n) is 12.0. The Morgan fingerprint density at radius 2 is 1.78 bits per heavy atom. The van der Waals surface area contributed by atoms with Crippen LogP contribution in [0.1, 0.15) is 47.7 Å². The van der Waals surface area contributed by atoms with Crippen LogP contribution in [0.2, 0.25) is 0 Å². The van der Waals surface area contributed by atoms with E-state index in [1.807, 2.05) is 25.9 Å². The summed E-state index contributed by atoms with van der Waals surface area (Å²) in [6, 6.07) is 10.5. The van der Waals surface area contributed by atoms with Crippen LogP contribution in [0.3, 0.4) is 0 Å². The maximum absolute atomic E-state index is 13.6. The third-order valence-corrected chi connectivity index (χ3v) is 9.84. The number of nitrogens with zero attached hydrogens (tertiary/aromatic N) is 4. The summed E-state index contributed by atoms with van der Waals surface area (Å²) in [5.41, 5.74) is 3.65. The van der Waals surface area contributed by atoms with Crippen LogP contribution in [0, 0.1) is 13.8 Å². The first-order valence-corrected chi connectivity index (χ1v) is 14.3. The molecule has 1 aliphatic rings. The van der Waals surface area contributed by atoms with E-state index in [0.29, 0.717) is 30.3 Å². The van der Waals surface area contributed by atoms with Gasteiger partial charge in [0.05, 0.1) is 15.1 Å². The number of benzene rings is 2. The van der Waals surface area contributed by atoms with E-state index in [0.717, 1.165) is 35.0 Å². The SMILES string of the molecule is Cc1ccc2sc(N(CCN(C)C)C(=O)c3ccc(S(=O)(=O)N4CCCCC4C)cc3)nc2c1C.Cl. The van der Waals surface area contributed by atoms with Crippen molar-refractivity contribution in [3.63, 3.8) is 0 Å². The second-order valence-corrected chi connectivity index (χ2v) is 12.5. The summed E-state index contributed by atoms with van der Waals surface area (Å²) in [5.74, 6) is -0.185. The summed E-state index contributed by atoms with van der Waals surface area (Å²) in [6.07, 6.45) is 2.80. The summed E-state index contributed by atoms with van der Waals surface area (Å²) in [5, 5.41) is 0.652. The van der Waals surface area contributed by atoms with E-state index in [1.54, 1.807) is 33.5 Å². The molecule has 10 heteroatoms. The molecule has 7 nitrogen and oxygen atoms in total. The summed E-state index contributed by atoms with van der Waals surface area (Å²) in [6.45, 7) is 7.77. The molecule has 0 bridgehead atoms. The van der Waals surface area contributed by atoms with Crippen LogP contribution in [0.25, 0.3) is 10.2 Å². The van der Waals surface area contributed by atoms with Gasteiger partial charge in [0.2, 0.25) is 10.0 Å². The van der Waals surface area contributed by atoms with Crippen molar-refractivity contribution in [3.8, 4) is 0 Å². The number of sulfonamides is 1. The highest BCUT2D eigenvalue weighted by molar-refractivity contribution is 7.89. The van der Waals surface area contributed by atoms with E-state index in [9.17, 15) is 13.2 Å². The summed E-state index contributed by atoms with van der Waals surface area (Å²) < 4.78 is 29.0. The fraction of sp³-hybridized carbons (Fsp3) is 0.462. The van der Waals surface area contributed by atoms with Crippen LogP contribution < -0.4 is 4.90 Å². The Morgan fingerprint density at radius 3 is 2.42 bits per heavy atom. The Labute approximate surface area is 224 Å². The molecule has 36 heavy (non-hydrogen) atoms. The number of amides is 1. The number of aromatic nitrogens is 1. The van der Waals surface area contributed by atoms with Crippen LogP contribution >= 0.6 is 23.7 Å². The zero-order valence-corrected chi connectivity index (χ0v) is 24.0. The third-order valence-electron chi connectivity index (χ3n) is 6.77. The van der Waals surface area contributed by atoms with Gasteiger partial charge in [0.25, 0.3) is 5.91 Å². The van der Waals surface area contributed by atoms with Crippen molar-refractivity contribution in [1.29, 1.82) is 0 Å². The number of fused-ring (bicyclic) bond motifs is 1. The van der Waals surface area contributed by atoms with E-state index < -0.39 is 10.0 Å².